The number of allylic oxidation sites excluding steroid dienone is 1. The van der Waals surface area contributed by atoms with Gasteiger partial charge in [-0.15, -0.1) is 0 Å². The summed E-state index contributed by atoms with van der Waals surface area (Å²) < 4.78 is 0. The number of aliphatic hydroxyl groups excluding tert-OH is 3. The molecule has 3 nitrogen and oxygen atoms in total. The second-order valence-electron chi connectivity index (χ2n) is 1.85. The van der Waals surface area contributed by atoms with Crippen LogP contribution in [0.4, 0.5) is 0 Å². The third kappa shape index (κ3) is 4.00. The van der Waals surface area contributed by atoms with Gasteiger partial charge in [-0.3, -0.25) is 0 Å². The van der Waals surface area contributed by atoms with Crippen molar-refractivity contribution in [3.63, 3.8) is 0 Å². The molecule has 0 saturated carbocycles. The maximum Gasteiger partial charge on any atom is 0.0751 e. The van der Waals surface area contributed by atoms with Gasteiger partial charge in [0, 0.05) is 19.1 Å². The van der Waals surface area contributed by atoms with Gasteiger partial charge in [-0.1, -0.05) is 0 Å². The largest absolute Gasteiger partial charge is 0.516 e. The van der Waals surface area contributed by atoms with E-state index in [1.54, 1.807) is 0 Å². The molecular formula is C6H12O3. The molecule has 0 aliphatic carbocycles. The minimum atomic E-state index is -0.131. The number of hydrogen-bond acceptors (Lipinski definition) is 3. The van der Waals surface area contributed by atoms with Crippen LogP contribution in [-0.4, -0.2) is 28.5 Å². The van der Waals surface area contributed by atoms with Gasteiger partial charge in [0.05, 0.1) is 6.26 Å². The van der Waals surface area contributed by atoms with Gasteiger partial charge in [-0.2, -0.15) is 0 Å². The Balaban J connectivity index is 3.31. The summed E-state index contributed by atoms with van der Waals surface area (Å²) in [5.41, 5.74) is 0. The van der Waals surface area contributed by atoms with E-state index in [1.165, 1.54) is 6.08 Å². The molecular weight excluding hydrogens is 120 g/mol. The second-order valence-corrected chi connectivity index (χ2v) is 1.85. The van der Waals surface area contributed by atoms with Crippen molar-refractivity contribution in [2.24, 2.45) is 5.92 Å². The quantitative estimate of drug-likeness (QED) is 0.473. The van der Waals surface area contributed by atoms with Gasteiger partial charge in [0.15, 0.2) is 0 Å². The minimum Gasteiger partial charge on any atom is -0.516 e. The van der Waals surface area contributed by atoms with Crippen molar-refractivity contribution in [2.75, 3.05) is 13.2 Å². The van der Waals surface area contributed by atoms with Crippen molar-refractivity contribution in [1.82, 2.24) is 0 Å². The van der Waals surface area contributed by atoms with Crippen LogP contribution >= 0.6 is 0 Å². The Hall–Kier alpha value is -0.540. The van der Waals surface area contributed by atoms with Gasteiger partial charge in [-0.05, 0) is 12.5 Å². The average molecular weight is 132 g/mol. The highest BCUT2D eigenvalue weighted by Gasteiger charge is 2.01. The Labute approximate surface area is 54.3 Å². The highest BCUT2D eigenvalue weighted by atomic mass is 16.3. The summed E-state index contributed by atoms with van der Waals surface area (Å²) in [6.07, 6.45) is 2.93. The van der Waals surface area contributed by atoms with Crippen LogP contribution in [-0.2, 0) is 0 Å². The molecule has 0 aliphatic heterocycles. The van der Waals surface area contributed by atoms with E-state index >= 15 is 0 Å². The molecule has 0 rings (SSSR count). The zero-order valence-electron chi connectivity index (χ0n) is 5.20. The molecule has 0 fully saturated rings. The summed E-state index contributed by atoms with van der Waals surface area (Å²) in [6.45, 7) is -0.0817. The molecule has 0 bridgehead atoms. The topological polar surface area (TPSA) is 60.7 Å². The molecule has 54 valence electrons. The van der Waals surface area contributed by atoms with E-state index in [0.717, 1.165) is 6.26 Å². The number of rotatable bonds is 4. The summed E-state index contributed by atoms with van der Waals surface area (Å²) >= 11 is 0. The van der Waals surface area contributed by atoms with Gasteiger partial charge >= 0.3 is 0 Å². The lowest BCUT2D eigenvalue weighted by molar-refractivity contribution is 0.151. The van der Waals surface area contributed by atoms with Crippen LogP contribution in [0.25, 0.3) is 0 Å². The Kier molecular flexibility index (Phi) is 5.26. The maximum atomic E-state index is 8.48. The first kappa shape index (κ1) is 8.46. The Bertz CT molecular complexity index is 76.4. The zero-order valence-corrected chi connectivity index (χ0v) is 5.20. The minimum absolute atomic E-state index is 0.0408. The molecule has 0 aromatic rings. The highest BCUT2D eigenvalue weighted by Crippen LogP contribution is 2.00. The van der Waals surface area contributed by atoms with Crippen molar-refractivity contribution in [3.8, 4) is 0 Å². The molecule has 3 heteroatoms. The van der Waals surface area contributed by atoms with Crippen LogP contribution in [0.5, 0.6) is 0 Å². The molecule has 0 aliphatic rings. The second kappa shape index (κ2) is 5.59. The van der Waals surface area contributed by atoms with Gasteiger partial charge in [0.2, 0.25) is 0 Å². The van der Waals surface area contributed by atoms with Crippen LogP contribution in [0.2, 0.25) is 0 Å². The molecule has 0 aromatic carbocycles. The molecule has 0 heterocycles. The number of aliphatic hydroxyl groups is 3. The molecule has 0 amide bonds. The smallest absolute Gasteiger partial charge is 0.0751 e. The summed E-state index contributed by atoms with van der Waals surface area (Å²) in [6, 6.07) is 0. The van der Waals surface area contributed by atoms with E-state index in [4.69, 9.17) is 15.3 Å². The lowest BCUT2D eigenvalue weighted by atomic mass is 10.1. The van der Waals surface area contributed by atoms with Crippen LogP contribution in [0.1, 0.15) is 6.42 Å². The first-order valence-corrected chi connectivity index (χ1v) is 2.86. The Morgan fingerprint density at radius 1 is 1.22 bits per heavy atom. The predicted octanol–water partition coefficient (Wildman–Crippen LogP) is 0.0490. The van der Waals surface area contributed by atoms with E-state index < -0.39 is 0 Å². The van der Waals surface area contributed by atoms with E-state index in [1.807, 2.05) is 0 Å². The molecule has 0 unspecified atom stereocenters. The molecule has 0 spiro atoms. The monoisotopic (exact) mass is 132 g/mol. The van der Waals surface area contributed by atoms with E-state index in [2.05, 4.69) is 0 Å². The lowest BCUT2D eigenvalue weighted by Crippen LogP contribution is -2.09. The fourth-order valence-electron chi connectivity index (χ4n) is 0.460. The molecule has 0 aromatic heterocycles. The number of hydrogen-bond donors (Lipinski definition) is 3. The maximum absolute atomic E-state index is 8.48. The first-order chi connectivity index (χ1) is 4.35. The molecule has 0 radical (unpaired) electrons. The van der Waals surface area contributed by atoms with Crippen LogP contribution in [0.3, 0.4) is 0 Å². The van der Waals surface area contributed by atoms with Gasteiger partial charge in [0.25, 0.3) is 0 Å². The van der Waals surface area contributed by atoms with Crippen LogP contribution in [0.15, 0.2) is 12.3 Å². The van der Waals surface area contributed by atoms with Gasteiger partial charge < -0.3 is 15.3 Å². The first-order valence-electron chi connectivity index (χ1n) is 2.86. The zero-order chi connectivity index (χ0) is 7.11. The summed E-state index contributed by atoms with van der Waals surface area (Å²) in [4.78, 5) is 0. The van der Waals surface area contributed by atoms with Crippen molar-refractivity contribution < 1.29 is 15.3 Å². The van der Waals surface area contributed by atoms with Crippen molar-refractivity contribution >= 4 is 0 Å². The van der Waals surface area contributed by atoms with E-state index in [0.29, 0.717) is 6.42 Å². The fraction of sp³-hybridized carbons (Fsp3) is 0.667. The average Bonchev–Trinajstić information content (AvgIpc) is 1.91. The summed E-state index contributed by atoms with van der Waals surface area (Å²) in [5, 5.41) is 25.1. The third-order valence-corrected chi connectivity index (χ3v) is 1.09. The highest BCUT2D eigenvalue weighted by molar-refractivity contribution is 4.75. The third-order valence-electron chi connectivity index (χ3n) is 1.09. The Morgan fingerprint density at radius 3 is 2.11 bits per heavy atom. The van der Waals surface area contributed by atoms with E-state index in [-0.39, 0.29) is 19.1 Å². The fourth-order valence-corrected chi connectivity index (χ4v) is 0.460. The lowest BCUT2D eigenvalue weighted by Gasteiger charge is -2.04. The van der Waals surface area contributed by atoms with Crippen molar-refractivity contribution in [1.29, 1.82) is 0 Å². The van der Waals surface area contributed by atoms with Gasteiger partial charge in [-0.25, -0.2) is 0 Å². The summed E-state index contributed by atoms with van der Waals surface area (Å²) in [5.74, 6) is -0.131. The normalized spacial score (nSPS) is 11.4. The molecule has 9 heavy (non-hydrogen) atoms. The standard InChI is InChI=1S/C6H12O3/c7-3-1-2-6(4-8)5-9/h1,3,6-9H,2,4-5H2. The predicted molar refractivity (Wildman–Crippen MR) is 34.0 cm³/mol. The molecule has 0 saturated heterocycles. The molecule has 3 N–H and O–H groups in total. The Morgan fingerprint density at radius 2 is 1.78 bits per heavy atom. The van der Waals surface area contributed by atoms with Crippen LogP contribution < -0.4 is 0 Å². The SMILES string of the molecule is OC=CCC(CO)CO. The summed E-state index contributed by atoms with van der Waals surface area (Å²) in [7, 11) is 0. The van der Waals surface area contributed by atoms with Gasteiger partial charge in [0.1, 0.15) is 0 Å². The van der Waals surface area contributed by atoms with Crippen molar-refractivity contribution in [2.45, 2.75) is 6.42 Å². The van der Waals surface area contributed by atoms with E-state index in [9.17, 15) is 0 Å². The van der Waals surface area contributed by atoms with Crippen molar-refractivity contribution in [3.05, 3.63) is 12.3 Å². The molecule has 0 atom stereocenters. The van der Waals surface area contributed by atoms with Crippen LogP contribution in [0, 0.1) is 5.92 Å².